The van der Waals surface area contributed by atoms with Crippen LogP contribution >= 0.6 is 0 Å². The molecule has 4 rings (SSSR count). The standard InChI is InChI=1S/C35H58N4O.C2H4/c1-7-30-20-21-39(34(30)35(40)38(6)32(23-29-18-19-29)25(3)26(4)36)27(5)33(31-16-12-9-13-17-31)37-24(2)22-28-14-10-8-11-15-28;1-2/h28-34,37H,2-5,7-23,36H2,1,6H3;1-2H2/t30-,32?,33?,34?;/m0./s1. The molecular weight excluding hydrogens is 516 g/mol. The third-order valence-electron chi connectivity index (χ3n) is 10.7. The van der Waals surface area contributed by atoms with Crippen LogP contribution in [0.25, 0.3) is 0 Å². The van der Waals surface area contributed by atoms with Gasteiger partial charge < -0.3 is 20.9 Å². The summed E-state index contributed by atoms with van der Waals surface area (Å²) in [6, 6.07) is -0.135. The molecule has 5 nitrogen and oxygen atoms in total. The quantitative estimate of drug-likeness (QED) is 0.162. The molecule has 0 bridgehead atoms. The number of likely N-dealkylation sites (tertiary alicyclic amines) is 1. The van der Waals surface area contributed by atoms with E-state index in [2.05, 4.69) is 50.0 Å². The third kappa shape index (κ3) is 8.80. The topological polar surface area (TPSA) is 61.6 Å². The van der Waals surface area contributed by atoms with Crippen molar-refractivity contribution < 1.29 is 4.79 Å². The molecule has 4 aliphatic rings. The summed E-state index contributed by atoms with van der Waals surface area (Å²) in [4.78, 5) is 18.7. The van der Waals surface area contributed by atoms with Crippen LogP contribution in [0.1, 0.15) is 110 Å². The molecule has 1 saturated heterocycles. The number of allylic oxidation sites excluding steroid dienone is 1. The highest BCUT2D eigenvalue weighted by Gasteiger charge is 2.44. The molecule has 236 valence electrons. The zero-order valence-electron chi connectivity index (χ0n) is 27.2. The number of nitrogens with zero attached hydrogens (tertiary/aromatic N) is 2. The highest BCUT2D eigenvalue weighted by Crippen LogP contribution is 2.40. The van der Waals surface area contributed by atoms with Gasteiger partial charge in [0, 0.05) is 30.7 Å². The number of hydrogen-bond donors (Lipinski definition) is 2. The summed E-state index contributed by atoms with van der Waals surface area (Å²) in [5.41, 5.74) is 9.66. The van der Waals surface area contributed by atoms with Gasteiger partial charge in [0.05, 0.1) is 12.1 Å². The SMILES string of the molecule is C=C.C=C(CC1CCCCC1)NC(C(=C)N1CC[C@H](CC)C1C(=O)N(C)C(CC1CC1)C(=C)C(=C)N)C1CCCCC1. The van der Waals surface area contributed by atoms with Crippen molar-refractivity contribution in [2.45, 2.75) is 128 Å². The molecule has 3 N–H and O–H groups in total. The van der Waals surface area contributed by atoms with Crippen molar-refractivity contribution in [3.05, 3.63) is 62.1 Å². The number of carbonyl (C=O) groups excluding carboxylic acids is 1. The Kier molecular flexibility index (Phi) is 13.3. The summed E-state index contributed by atoms with van der Waals surface area (Å²) in [5, 5.41) is 3.92. The fraction of sp³-hybridized carbons (Fsp3) is 0.703. The van der Waals surface area contributed by atoms with Crippen LogP contribution in [0.4, 0.5) is 0 Å². The molecule has 0 aromatic rings. The number of nitrogens with two attached hydrogens (primary N) is 1. The zero-order valence-corrected chi connectivity index (χ0v) is 27.2. The van der Waals surface area contributed by atoms with Gasteiger partial charge in [0.15, 0.2) is 0 Å². The van der Waals surface area contributed by atoms with E-state index in [0.717, 1.165) is 55.1 Å². The highest BCUT2D eigenvalue weighted by molar-refractivity contribution is 5.83. The van der Waals surface area contributed by atoms with Crippen molar-refractivity contribution in [2.24, 2.45) is 29.4 Å². The maximum absolute atomic E-state index is 14.4. The second-order valence-corrected chi connectivity index (χ2v) is 13.6. The van der Waals surface area contributed by atoms with Crippen LogP contribution in [0.2, 0.25) is 0 Å². The van der Waals surface area contributed by atoms with Crippen molar-refractivity contribution in [1.82, 2.24) is 15.1 Å². The lowest BCUT2D eigenvalue weighted by molar-refractivity contribution is -0.137. The minimum atomic E-state index is -0.192. The monoisotopic (exact) mass is 578 g/mol. The van der Waals surface area contributed by atoms with E-state index in [9.17, 15) is 4.79 Å². The lowest BCUT2D eigenvalue weighted by atomic mass is 9.81. The van der Waals surface area contributed by atoms with E-state index in [0.29, 0.717) is 23.5 Å². The predicted octanol–water partition coefficient (Wildman–Crippen LogP) is 8.08. The van der Waals surface area contributed by atoms with Crippen LogP contribution in [-0.2, 0) is 4.79 Å². The van der Waals surface area contributed by atoms with Gasteiger partial charge in [-0.3, -0.25) is 4.79 Å². The molecule has 4 atom stereocenters. The molecule has 3 aliphatic carbocycles. The number of amides is 1. The van der Waals surface area contributed by atoms with Gasteiger partial charge in [0.2, 0.25) is 5.91 Å². The number of carbonyl (C=O) groups is 1. The number of nitrogens with one attached hydrogen (secondary N) is 1. The second-order valence-electron chi connectivity index (χ2n) is 13.6. The van der Waals surface area contributed by atoms with Crippen LogP contribution in [0.15, 0.2) is 62.1 Å². The van der Waals surface area contributed by atoms with Crippen molar-refractivity contribution >= 4 is 5.91 Å². The van der Waals surface area contributed by atoms with Gasteiger partial charge in [-0.1, -0.05) is 104 Å². The van der Waals surface area contributed by atoms with Crippen LogP contribution in [-0.4, -0.2) is 47.4 Å². The predicted molar refractivity (Wildman–Crippen MR) is 179 cm³/mol. The van der Waals surface area contributed by atoms with E-state index in [1.807, 2.05) is 11.9 Å². The summed E-state index contributed by atoms with van der Waals surface area (Å²) in [6.07, 6.45) is 19.5. The molecule has 3 saturated carbocycles. The van der Waals surface area contributed by atoms with Gasteiger partial charge in [0.1, 0.15) is 6.04 Å². The first-order valence-electron chi connectivity index (χ1n) is 17.0. The van der Waals surface area contributed by atoms with Crippen molar-refractivity contribution in [3.63, 3.8) is 0 Å². The normalized spacial score (nSPS) is 24.6. The smallest absolute Gasteiger partial charge is 0.245 e. The Morgan fingerprint density at radius 2 is 1.50 bits per heavy atom. The van der Waals surface area contributed by atoms with Gasteiger partial charge in [-0.25, -0.2) is 0 Å². The molecule has 3 unspecified atom stereocenters. The molecule has 5 heteroatoms. The summed E-state index contributed by atoms with van der Waals surface area (Å²) in [7, 11) is 1.96. The van der Waals surface area contributed by atoms with Crippen LogP contribution in [0, 0.1) is 23.7 Å². The fourth-order valence-electron chi connectivity index (χ4n) is 7.86. The lowest BCUT2D eigenvalue weighted by Crippen LogP contribution is -2.53. The molecule has 1 aliphatic heterocycles. The van der Waals surface area contributed by atoms with Gasteiger partial charge in [0.25, 0.3) is 0 Å². The first-order valence-corrected chi connectivity index (χ1v) is 17.0. The largest absolute Gasteiger partial charge is 0.399 e. The van der Waals surface area contributed by atoms with Gasteiger partial charge >= 0.3 is 0 Å². The Hall–Kier alpha value is -2.43. The molecule has 1 heterocycles. The highest BCUT2D eigenvalue weighted by atomic mass is 16.2. The van der Waals surface area contributed by atoms with Crippen molar-refractivity contribution in [1.29, 1.82) is 0 Å². The molecule has 0 spiro atoms. The maximum Gasteiger partial charge on any atom is 0.245 e. The number of hydrogen-bond acceptors (Lipinski definition) is 4. The lowest BCUT2D eigenvalue weighted by Gasteiger charge is -2.42. The van der Waals surface area contributed by atoms with E-state index < -0.39 is 0 Å². The molecule has 0 aromatic carbocycles. The van der Waals surface area contributed by atoms with Crippen LogP contribution in [0.3, 0.4) is 0 Å². The third-order valence-corrected chi connectivity index (χ3v) is 10.7. The minimum Gasteiger partial charge on any atom is -0.399 e. The first kappa shape index (κ1) is 34.1. The number of likely N-dealkylation sites (N-methyl/N-ethyl adjacent to an activating group) is 1. The maximum atomic E-state index is 14.4. The average molecular weight is 579 g/mol. The van der Waals surface area contributed by atoms with Gasteiger partial charge in [-0.05, 0) is 61.3 Å². The molecular formula is C37H62N4O. The van der Waals surface area contributed by atoms with E-state index >= 15 is 0 Å². The van der Waals surface area contributed by atoms with Crippen LogP contribution < -0.4 is 11.1 Å². The first-order chi connectivity index (χ1) is 20.2. The fourth-order valence-corrected chi connectivity index (χ4v) is 7.86. The molecule has 42 heavy (non-hydrogen) atoms. The summed E-state index contributed by atoms with van der Waals surface area (Å²) >= 11 is 0. The second kappa shape index (κ2) is 16.4. The van der Waals surface area contributed by atoms with E-state index in [-0.39, 0.29) is 24.0 Å². The Morgan fingerprint density at radius 3 is 2.05 bits per heavy atom. The average Bonchev–Trinajstić information content (AvgIpc) is 3.74. The Morgan fingerprint density at radius 1 is 0.905 bits per heavy atom. The minimum absolute atomic E-state index is 0.0896. The van der Waals surface area contributed by atoms with Gasteiger partial charge in [-0.15, -0.1) is 13.2 Å². The van der Waals surface area contributed by atoms with Gasteiger partial charge in [-0.2, -0.15) is 0 Å². The Bertz CT molecular complexity index is 939. The molecule has 4 fully saturated rings. The molecule has 0 radical (unpaired) electrons. The summed E-state index contributed by atoms with van der Waals surface area (Å²) < 4.78 is 0. The van der Waals surface area contributed by atoms with Crippen LogP contribution in [0.5, 0.6) is 0 Å². The van der Waals surface area contributed by atoms with Crippen molar-refractivity contribution in [2.75, 3.05) is 13.6 Å². The number of rotatable bonds is 14. The summed E-state index contributed by atoms with van der Waals surface area (Å²) in [5.74, 6) is 2.45. The Balaban J connectivity index is 0.00000237. The Labute approximate surface area is 258 Å². The summed E-state index contributed by atoms with van der Waals surface area (Å²) in [6.45, 7) is 26.6. The molecule has 1 amide bonds. The van der Waals surface area contributed by atoms with E-state index in [1.165, 1.54) is 77.0 Å². The van der Waals surface area contributed by atoms with E-state index in [4.69, 9.17) is 12.3 Å². The van der Waals surface area contributed by atoms with Crippen molar-refractivity contribution in [3.8, 4) is 0 Å². The molecule has 0 aromatic heterocycles. The van der Waals surface area contributed by atoms with E-state index in [1.54, 1.807) is 0 Å². The zero-order chi connectivity index (χ0) is 30.8.